The van der Waals surface area contributed by atoms with Crippen LogP contribution in [0.25, 0.3) is 0 Å². The summed E-state index contributed by atoms with van der Waals surface area (Å²) in [7, 11) is 0. The first-order valence-electron chi connectivity index (χ1n) is 11.3. The Morgan fingerprint density at radius 1 is 1.03 bits per heavy atom. The van der Waals surface area contributed by atoms with Gasteiger partial charge >= 0.3 is 0 Å². The van der Waals surface area contributed by atoms with Crippen LogP contribution in [0.1, 0.15) is 59.4 Å². The van der Waals surface area contributed by atoms with E-state index in [9.17, 15) is 5.11 Å². The number of aliphatic hydroxyl groups is 1. The highest BCUT2D eigenvalue weighted by molar-refractivity contribution is 5.37. The maximum Gasteiger partial charge on any atom is 0.124 e. The van der Waals surface area contributed by atoms with Crippen LogP contribution in [-0.4, -0.2) is 28.1 Å². The van der Waals surface area contributed by atoms with Crippen LogP contribution >= 0.6 is 0 Å². The minimum absolute atomic E-state index is 0.00508. The van der Waals surface area contributed by atoms with Crippen LogP contribution in [0.15, 0.2) is 60.7 Å². The lowest BCUT2D eigenvalue weighted by atomic mass is 10.0. The first-order chi connectivity index (χ1) is 15.2. The molecule has 31 heavy (non-hydrogen) atoms. The number of ether oxygens (including phenoxy) is 1. The second kappa shape index (κ2) is 10.1. The Labute approximate surface area is 185 Å². The number of rotatable bonds is 8. The molecule has 1 unspecified atom stereocenters. The molecule has 0 aliphatic carbocycles. The number of hydrogen-bond acceptors (Lipinski definition) is 4. The van der Waals surface area contributed by atoms with Crippen molar-refractivity contribution in [1.29, 1.82) is 0 Å². The van der Waals surface area contributed by atoms with Crippen molar-refractivity contribution in [2.75, 3.05) is 13.2 Å². The van der Waals surface area contributed by atoms with Gasteiger partial charge in [0.25, 0.3) is 0 Å². The normalized spacial score (nSPS) is 16.5. The van der Waals surface area contributed by atoms with Gasteiger partial charge in [0.1, 0.15) is 5.75 Å². The molecule has 1 fully saturated rings. The van der Waals surface area contributed by atoms with Gasteiger partial charge in [-0.05, 0) is 80.6 Å². The summed E-state index contributed by atoms with van der Waals surface area (Å²) in [6.45, 7) is 6.57. The highest BCUT2D eigenvalue weighted by Crippen LogP contribution is 2.33. The van der Waals surface area contributed by atoms with Crippen molar-refractivity contribution in [2.24, 2.45) is 0 Å². The van der Waals surface area contributed by atoms with Crippen molar-refractivity contribution < 1.29 is 9.84 Å². The fourth-order valence-corrected chi connectivity index (χ4v) is 4.61. The molecule has 0 amide bonds. The fraction of sp³-hybridized carbons (Fsp3) is 0.370. The molecular formula is C27H32N2O2. The van der Waals surface area contributed by atoms with Crippen LogP contribution in [0.5, 0.6) is 5.75 Å². The molecule has 0 radical (unpaired) electrons. The molecule has 4 heteroatoms. The van der Waals surface area contributed by atoms with Gasteiger partial charge in [-0.1, -0.05) is 36.4 Å². The molecule has 0 spiro atoms. The lowest BCUT2D eigenvalue weighted by Gasteiger charge is -2.25. The maximum absolute atomic E-state index is 9.74. The fourth-order valence-electron chi connectivity index (χ4n) is 4.61. The number of aliphatic hydroxyl groups excluding tert-OH is 1. The summed E-state index contributed by atoms with van der Waals surface area (Å²) >= 11 is 0. The summed E-state index contributed by atoms with van der Waals surface area (Å²) in [4.78, 5) is 7.44. The van der Waals surface area contributed by atoms with E-state index in [0.29, 0.717) is 12.6 Å². The Kier molecular flexibility index (Phi) is 7.00. The average Bonchev–Trinajstić information content (AvgIpc) is 3.23. The third kappa shape index (κ3) is 5.33. The molecule has 4 nitrogen and oxygen atoms in total. The molecule has 2 heterocycles. The van der Waals surface area contributed by atoms with E-state index in [4.69, 9.17) is 9.72 Å². The summed E-state index contributed by atoms with van der Waals surface area (Å²) in [6, 6.07) is 21.6. The van der Waals surface area contributed by atoms with Gasteiger partial charge in [0.05, 0.1) is 24.9 Å². The Hall–Kier alpha value is -2.69. The van der Waals surface area contributed by atoms with E-state index >= 15 is 0 Å². The highest BCUT2D eigenvalue weighted by Gasteiger charge is 2.27. The zero-order valence-corrected chi connectivity index (χ0v) is 18.6. The predicted octanol–water partition coefficient (Wildman–Crippen LogP) is 5.21. The topological polar surface area (TPSA) is 45.6 Å². The van der Waals surface area contributed by atoms with E-state index in [1.807, 2.05) is 13.0 Å². The van der Waals surface area contributed by atoms with Crippen molar-refractivity contribution in [2.45, 2.75) is 52.3 Å². The summed E-state index contributed by atoms with van der Waals surface area (Å²) in [5.74, 6) is 0.776. The van der Waals surface area contributed by atoms with Crippen molar-refractivity contribution in [3.05, 3.63) is 94.3 Å². The zero-order valence-electron chi connectivity index (χ0n) is 18.6. The minimum Gasteiger partial charge on any atom is -0.494 e. The van der Waals surface area contributed by atoms with Crippen LogP contribution in [0, 0.1) is 6.92 Å². The number of benzene rings is 2. The molecule has 3 aromatic rings. The third-order valence-electron chi connectivity index (χ3n) is 5.97. The van der Waals surface area contributed by atoms with Gasteiger partial charge in [-0.25, -0.2) is 0 Å². The molecule has 1 saturated heterocycles. The van der Waals surface area contributed by atoms with Crippen LogP contribution in [0.3, 0.4) is 0 Å². The zero-order chi connectivity index (χ0) is 21.6. The number of aromatic nitrogens is 1. The summed E-state index contributed by atoms with van der Waals surface area (Å²) < 4.78 is 5.63. The van der Waals surface area contributed by atoms with Crippen molar-refractivity contribution in [1.82, 2.24) is 9.88 Å². The van der Waals surface area contributed by atoms with E-state index < -0.39 is 0 Å². The summed E-state index contributed by atoms with van der Waals surface area (Å²) in [6.07, 6.45) is 3.24. The number of pyridine rings is 1. The van der Waals surface area contributed by atoms with Crippen LogP contribution in [0.4, 0.5) is 0 Å². The van der Waals surface area contributed by atoms with E-state index in [1.165, 1.54) is 28.8 Å². The third-order valence-corrected chi connectivity index (χ3v) is 5.97. The highest BCUT2D eigenvalue weighted by atomic mass is 16.5. The predicted molar refractivity (Wildman–Crippen MR) is 124 cm³/mol. The van der Waals surface area contributed by atoms with Gasteiger partial charge in [-0.2, -0.15) is 0 Å². The standard InChI is InChI=1S/C27H32N2O2/c1-3-31-27-12-11-22(16-24(27)19-30)18-29-13-7-10-26(29)25-17-23(14-20(2)28-25)15-21-8-5-4-6-9-21/h4-6,8-9,11-12,14,16-17,26,30H,3,7,10,13,15,18-19H2,1-2H3. The smallest absolute Gasteiger partial charge is 0.124 e. The molecule has 1 aliphatic heterocycles. The van der Waals surface area contributed by atoms with Gasteiger partial charge < -0.3 is 9.84 Å². The first-order valence-corrected chi connectivity index (χ1v) is 11.3. The van der Waals surface area contributed by atoms with E-state index in [-0.39, 0.29) is 6.61 Å². The van der Waals surface area contributed by atoms with E-state index in [0.717, 1.165) is 42.9 Å². The molecule has 1 atom stereocenters. The van der Waals surface area contributed by atoms with Crippen molar-refractivity contribution >= 4 is 0 Å². The first kappa shape index (κ1) is 21.5. The van der Waals surface area contributed by atoms with E-state index in [1.54, 1.807) is 0 Å². The Balaban J connectivity index is 1.53. The second-order valence-electron chi connectivity index (χ2n) is 8.37. The average molecular weight is 417 g/mol. The Bertz CT molecular complexity index is 1000. The number of nitrogens with zero attached hydrogens (tertiary/aromatic N) is 2. The second-order valence-corrected chi connectivity index (χ2v) is 8.37. The van der Waals surface area contributed by atoms with E-state index in [2.05, 4.69) is 66.4 Å². The molecule has 1 aliphatic rings. The van der Waals surface area contributed by atoms with Crippen molar-refractivity contribution in [3.63, 3.8) is 0 Å². The van der Waals surface area contributed by atoms with Crippen molar-refractivity contribution in [3.8, 4) is 5.75 Å². The largest absolute Gasteiger partial charge is 0.494 e. The summed E-state index contributed by atoms with van der Waals surface area (Å²) in [5, 5.41) is 9.74. The van der Waals surface area contributed by atoms with Gasteiger partial charge in [-0.15, -0.1) is 0 Å². The molecule has 1 aromatic heterocycles. The number of hydrogen-bond donors (Lipinski definition) is 1. The molecule has 162 valence electrons. The van der Waals surface area contributed by atoms with Crippen LogP contribution in [-0.2, 0) is 19.6 Å². The Morgan fingerprint density at radius 3 is 2.65 bits per heavy atom. The van der Waals surface area contributed by atoms with Gasteiger partial charge in [0, 0.05) is 17.8 Å². The quantitative estimate of drug-likeness (QED) is 0.548. The van der Waals surface area contributed by atoms with Gasteiger partial charge in [0.2, 0.25) is 0 Å². The lowest BCUT2D eigenvalue weighted by Crippen LogP contribution is -2.24. The molecule has 0 saturated carbocycles. The minimum atomic E-state index is -0.00508. The molecule has 4 rings (SSSR count). The maximum atomic E-state index is 9.74. The molecule has 2 aromatic carbocycles. The molecule has 1 N–H and O–H groups in total. The number of aryl methyl sites for hydroxylation is 1. The summed E-state index contributed by atoms with van der Waals surface area (Å²) in [5.41, 5.74) is 6.97. The number of likely N-dealkylation sites (tertiary alicyclic amines) is 1. The van der Waals surface area contributed by atoms with Crippen LogP contribution in [0.2, 0.25) is 0 Å². The molecular weight excluding hydrogens is 384 g/mol. The van der Waals surface area contributed by atoms with Crippen LogP contribution < -0.4 is 4.74 Å². The van der Waals surface area contributed by atoms with Gasteiger partial charge in [-0.3, -0.25) is 9.88 Å². The SMILES string of the molecule is CCOc1ccc(CN2CCCC2c2cc(Cc3ccccc3)cc(C)n2)cc1CO. The van der Waals surface area contributed by atoms with Gasteiger partial charge in [0.15, 0.2) is 0 Å². The lowest BCUT2D eigenvalue weighted by molar-refractivity contribution is 0.242. The monoisotopic (exact) mass is 416 g/mol. The Morgan fingerprint density at radius 2 is 1.87 bits per heavy atom. The molecule has 0 bridgehead atoms.